The van der Waals surface area contributed by atoms with Gasteiger partial charge in [-0.3, -0.25) is 4.90 Å². The van der Waals surface area contributed by atoms with E-state index < -0.39 is 12.2 Å². The molecule has 0 aromatic rings. The van der Waals surface area contributed by atoms with Gasteiger partial charge in [-0.05, 0) is 26.7 Å². The molecule has 3 unspecified atom stereocenters. The highest BCUT2D eigenvalue weighted by Gasteiger charge is 2.46. The number of hydrogen-bond donors (Lipinski definition) is 1. The predicted octanol–water partition coefficient (Wildman–Crippen LogP) is 2.14. The van der Waals surface area contributed by atoms with Crippen LogP contribution in [0.1, 0.15) is 33.1 Å². The number of halogens is 3. The van der Waals surface area contributed by atoms with E-state index in [4.69, 9.17) is 5.73 Å². The highest BCUT2D eigenvalue weighted by Crippen LogP contribution is 2.32. The molecule has 0 aromatic carbocycles. The van der Waals surface area contributed by atoms with E-state index in [0.717, 1.165) is 19.3 Å². The van der Waals surface area contributed by atoms with Crippen molar-refractivity contribution in [3.8, 4) is 0 Å². The van der Waals surface area contributed by atoms with E-state index >= 15 is 0 Å². The van der Waals surface area contributed by atoms with Crippen molar-refractivity contribution in [2.24, 2.45) is 5.73 Å². The molecular weight excluding hydrogens is 205 g/mol. The molecular formula is C10H19F3N2. The third kappa shape index (κ3) is 2.84. The monoisotopic (exact) mass is 224 g/mol. The second-order valence-corrected chi connectivity index (χ2v) is 4.37. The van der Waals surface area contributed by atoms with Crippen LogP contribution in [0.3, 0.4) is 0 Å². The molecule has 0 radical (unpaired) electrons. The Labute approximate surface area is 88.6 Å². The summed E-state index contributed by atoms with van der Waals surface area (Å²) in [5, 5.41) is 0. The second-order valence-electron chi connectivity index (χ2n) is 4.37. The van der Waals surface area contributed by atoms with Crippen molar-refractivity contribution in [3.63, 3.8) is 0 Å². The summed E-state index contributed by atoms with van der Waals surface area (Å²) in [6.07, 6.45) is -1.55. The number of rotatable bonds is 2. The van der Waals surface area contributed by atoms with Crippen molar-refractivity contribution in [2.45, 2.75) is 57.4 Å². The van der Waals surface area contributed by atoms with E-state index in [1.165, 1.54) is 4.90 Å². The lowest BCUT2D eigenvalue weighted by atomic mass is 9.95. The van der Waals surface area contributed by atoms with Crippen LogP contribution in [0.25, 0.3) is 0 Å². The molecule has 5 heteroatoms. The summed E-state index contributed by atoms with van der Waals surface area (Å²) in [4.78, 5) is 1.53. The van der Waals surface area contributed by atoms with Gasteiger partial charge in [-0.25, -0.2) is 0 Å². The van der Waals surface area contributed by atoms with Gasteiger partial charge in [0.05, 0.1) is 0 Å². The summed E-state index contributed by atoms with van der Waals surface area (Å²) in [6, 6.07) is -1.53. The van der Waals surface area contributed by atoms with Crippen molar-refractivity contribution in [3.05, 3.63) is 0 Å². The number of likely N-dealkylation sites (tertiary alicyclic amines) is 1. The van der Waals surface area contributed by atoms with Gasteiger partial charge in [-0.1, -0.05) is 6.42 Å². The summed E-state index contributed by atoms with van der Waals surface area (Å²) >= 11 is 0. The third-order valence-electron chi connectivity index (χ3n) is 3.22. The van der Waals surface area contributed by atoms with Gasteiger partial charge >= 0.3 is 6.18 Å². The Balaban J connectivity index is 2.81. The van der Waals surface area contributed by atoms with Gasteiger partial charge in [0.25, 0.3) is 0 Å². The lowest BCUT2D eigenvalue weighted by Gasteiger charge is -2.44. The van der Waals surface area contributed by atoms with Crippen LogP contribution in [0.15, 0.2) is 0 Å². The van der Waals surface area contributed by atoms with Gasteiger partial charge in [0.1, 0.15) is 6.04 Å². The Bertz CT molecular complexity index is 195. The number of piperidine rings is 1. The van der Waals surface area contributed by atoms with E-state index in [1.54, 1.807) is 0 Å². The summed E-state index contributed by atoms with van der Waals surface area (Å²) in [5.74, 6) is 0. The smallest absolute Gasteiger partial charge is 0.329 e. The van der Waals surface area contributed by atoms with Crippen LogP contribution in [0, 0.1) is 0 Å². The average molecular weight is 224 g/mol. The number of hydrogen-bond acceptors (Lipinski definition) is 2. The highest BCUT2D eigenvalue weighted by atomic mass is 19.4. The van der Waals surface area contributed by atoms with Crippen LogP contribution in [-0.2, 0) is 0 Å². The van der Waals surface area contributed by atoms with Crippen LogP contribution in [-0.4, -0.2) is 35.7 Å². The van der Waals surface area contributed by atoms with Crippen LogP contribution in [0.4, 0.5) is 13.2 Å². The summed E-state index contributed by atoms with van der Waals surface area (Å²) < 4.78 is 38.2. The molecule has 1 heterocycles. The SMILES string of the molecule is CC1CCCC(C)N1C(CN)C(F)(F)F. The molecule has 0 spiro atoms. The van der Waals surface area contributed by atoms with Crippen LogP contribution < -0.4 is 5.73 Å². The summed E-state index contributed by atoms with van der Waals surface area (Å²) in [7, 11) is 0. The van der Waals surface area contributed by atoms with E-state index in [1.807, 2.05) is 13.8 Å². The van der Waals surface area contributed by atoms with Crippen LogP contribution in [0.5, 0.6) is 0 Å². The van der Waals surface area contributed by atoms with Crippen molar-refractivity contribution in [2.75, 3.05) is 6.54 Å². The fourth-order valence-corrected chi connectivity index (χ4v) is 2.48. The molecule has 1 aliphatic heterocycles. The number of nitrogens with two attached hydrogens (primary N) is 1. The van der Waals surface area contributed by atoms with E-state index in [9.17, 15) is 13.2 Å². The molecule has 1 rings (SSSR count). The first-order valence-corrected chi connectivity index (χ1v) is 5.42. The summed E-state index contributed by atoms with van der Waals surface area (Å²) in [6.45, 7) is 3.35. The van der Waals surface area contributed by atoms with Gasteiger partial charge in [0.15, 0.2) is 0 Å². The van der Waals surface area contributed by atoms with Crippen LogP contribution in [0.2, 0.25) is 0 Å². The standard InChI is InChI=1S/C10H19F3N2/c1-7-4-3-5-8(2)15(7)9(6-14)10(11,12)13/h7-9H,3-6,14H2,1-2H3. The van der Waals surface area contributed by atoms with Crippen molar-refractivity contribution in [1.29, 1.82) is 0 Å². The molecule has 15 heavy (non-hydrogen) atoms. The molecule has 0 bridgehead atoms. The number of nitrogens with zero attached hydrogens (tertiary/aromatic N) is 1. The molecule has 1 saturated heterocycles. The first-order valence-electron chi connectivity index (χ1n) is 5.42. The molecule has 1 aliphatic rings. The summed E-state index contributed by atoms with van der Waals surface area (Å²) in [5.41, 5.74) is 5.25. The molecule has 3 atom stereocenters. The quantitative estimate of drug-likeness (QED) is 0.778. The van der Waals surface area contributed by atoms with Crippen LogP contribution >= 0.6 is 0 Å². The first-order chi connectivity index (χ1) is 6.88. The van der Waals surface area contributed by atoms with Gasteiger partial charge in [0, 0.05) is 18.6 Å². The minimum Gasteiger partial charge on any atom is -0.329 e. The van der Waals surface area contributed by atoms with Gasteiger partial charge in [-0.15, -0.1) is 0 Å². The largest absolute Gasteiger partial charge is 0.405 e. The van der Waals surface area contributed by atoms with Crippen molar-refractivity contribution >= 4 is 0 Å². The molecule has 2 nitrogen and oxygen atoms in total. The minimum absolute atomic E-state index is 0.0241. The maximum atomic E-state index is 12.7. The molecule has 0 amide bonds. The zero-order chi connectivity index (χ0) is 11.6. The molecule has 0 aliphatic carbocycles. The van der Waals surface area contributed by atoms with Gasteiger partial charge < -0.3 is 5.73 Å². The minimum atomic E-state index is -4.21. The van der Waals surface area contributed by atoms with E-state index in [-0.39, 0.29) is 18.6 Å². The fourth-order valence-electron chi connectivity index (χ4n) is 2.48. The molecule has 1 fully saturated rings. The zero-order valence-corrected chi connectivity index (χ0v) is 9.22. The maximum absolute atomic E-state index is 12.7. The van der Waals surface area contributed by atoms with E-state index in [0.29, 0.717) is 0 Å². The fraction of sp³-hybridized carbons (Fsp3) is 1.00. The lowest BCUT2D eigenvalue weighted by Crippen LogP contribution is -2.58. The highest BCUT2D eigenvalue weighted by molar-refractivity contribution is 4.89. The third-order valence-corrected chi connectivity index (χ3v) is 3.22. The Morgan fingerprint density at radius 3 is 2.07 bits per heavy atom. The Morgan fingerprint density at radius 2 is 1.73 bits per heavy atom. The Morgan fingerprint density at radius 1 is 1.27 bits per heavy atom. The normalized spacial score (nSPS) is 31.6. The van der Waals surface area contributed by atoms with Crippen molar-refractivity contribution < 1.29 is 13.2 Å². The Hall–Kier alpha value is -0.290. The van der Waals surface area contributed by atoms with Crippen molar-refractivity contribution in [1.82, 2.24) is 4.90 Å². The molecule has 2 N–H and O–H groups in total. The maximum Gasteiger partial charge on any atom is 0.405 e. The molecule has 0 aromatic heterocycles. The van der Waals surface area contributed by atoms with Gasteiger partial charge in [0.2, 0.25) is 0 Å². The number of alkyl halides is 3. The second kappa shape index (κ2) is 4.70. The topological polar surface area (TPSA) is 29.3 Å². The van der Waals surface area contributed by atoms with Gasteiger partial charge in [-0.2, -0.15) is 13.2 Å². The Kier molecular flexibility index (Phi) is 4.00. The average Bonchev–Trinajstić information content (AvgIpc) is 2.09. The molecule has 90 valence electrons. The zero-order valence-electron chi connectivity index (χ0n) is 9.22. The predicted molar refractivity (Wildman–Crippen MR) is 53.5 cm³/mol. The lowest BCUT2D eigenvalue weighted by molar-refractivity contribution is -0.195. The first kappa shape index (κ1) is 12.8. The molecule has 0 saturated carbocycles. The van der Waals surface area contributed by atoms with E-state index in [2.05, 4.69) is 0 Å².